The highest BCUT2D eigenvalue weighted by atomic mass is 16.3. The first-order valence-electron chi connectivity index (χ1n) is 5.27. The molecule has 5 heteroatoms. The maximum absolute atomic E-state index is 10.0. The molecule has 2 aromatic heterocycles. The summed E-state index contributed by atoms with van der Waals surface area (Å²) >= 11 is 0. The van der Waals surface area contributed by atoms with E-state index < -0.39 is 6.10 Å². The molecule has 0 radical (unpaired) electrons. The molecule has 0 saturated heterocycles. The molecule has 2 heterocycles. The third kappa shape index (κ3) is 2.25. The highest BCUT2D eigenvalue weighted by Gasteiger charge is 2.13. The van der Waals surface area contributed by atoms with Gasteiger partial charge in [0.25, 0.3) is 0 Å². The Morgan fingerprint density at radius 1 is 1.50 bits per heavy atom. The molecule has 0 amide bonds. The SMILES string of the molecule is CCCn1cc(C(O)c2ccncn2)cn1. The molecule has 16 heavy (non-hydrogen) atoms. The number of aliphatic hydroxyl groups is 1. The van der Waals surface area contributed by atoms with E-state index >= 15 is 0 Å². The fourth-order valence-electron chi connectivity index (χ4n) is 1.51. The lowest BCUT2D eigenvalue weighted by Gasteiger charge is -2.06. The van der Waals surface area contributed by atoms with Gasteiger partial charge in [-0.2, -0.15) is 5.10 Å². The molecule has 5 nitrogen and oxygen atoms in total. The van der Waals surface area contributed by atoms with Crippen LogP contribution in [0.3, 0.4) is 0 Å². The third-order valence-electron chi connectivity index (χ3n) is 2.31. The van der Waals surface area contributed by atoms with E-state index in [2.05, 4.69) is 22.0 Å². The second kappa shape index (κ2) is 4.85. The minimum atomic E-state index is -0.728. The van der Waals surface area contributed by atoms with Crippen molar-refractivity contribution in [2.24, 2.45) is 0 Å². The van der Waals surface area contributed by atoms with E-state index in [0.717, 1.165) is 18.5 Å². The van der Waals surface area contributed by atoms with Gasteiger partial charge in [0.05, 0.1) is 11.9 Å². The summed E-state index contributed by atoms with van der Waals surface area (Å²) in [4.78, 5) is 7.83. The molecule has 0 aliphatic rings. The van der Waals surface area contributed by atoms with Gasteiger partial charge in [-0.15, -0.1) is 0 Å². The smallest absolute Gasteiger partial charge is 0.124 e. The van der Waals surface area contributed by atoms with Crippen LogP contribution in [0, 0.1) is 0 Å². The van der Waals surface area contributed by atoms with Crippen molar-refractivity contribution in [3.63, 3.8) is 0 Å². The minimum absolute atomic E-state index is 0.589. The zero-order valence-corrected chi connectivity index (χ0v) is 9.11. The summed E-state index contributed by atoms with van der Waals surface area (Å²) < 4.78 is 1.82. The lowest BCUT2D eigenvalue weighted by molar-refractivity contribution is 0.215. The fraction of sp³-hybridized carbons (Fsp3) is 0.364. The Morgan fingerprint density at radius 3 is 3.06 bits per heavy atom. The van der Waals surface area contributed by atoms with Gasteiger partial charge >= 0.3 is 0 Å². The predicted molar refractivity (Wildman–Crippen MR) is 58.6 cm³/mol. The standard InChI is InChI=1S/C11H14N4O/c1-2-5-15-7-9(6-14-15)11(16)10-3-4-12-8-13-10/h3-4,6-8,11,16H,2,5H2,1H3. The van der Waals surface area contributed by atoms with Crippen LogP contribution in [0.5, 0.6) is 0 Å². The Hall–Kier alpha value is -1.75. The van der Waals surface area contributed by atoms with Crippen molar-refractivity contribution in [2.75, 3.05) is 0 Å². The molecular weight excluding hydrogens is 204 g/mol. The van der Waals surface area contributed by atoms with Crippen molar-refractivity contribution >= 4 is 0 Å². The second-order valence-corrected chi connectivity index (χ2v) is 3.57. The largest absolute Gasteiger partial charge is 0.382 e. The van der Waals surface area contributed by atoms with Crippen LogP contribution in [-0.2, 0) is 6.54 Å². The molecule has 2 rings (SSSR count). The molecular formula is C11H14N4O. The van der Waals surface area contributed by atoms with Gasteiger partial charge in [-0.05, 0) is 12.5 Å². The van der Waals surface area contributed by atoms with Crippen LogP contribution in [0.25, 0.3) is 0 Å². The first-order valence-corrected chi connectivity index (χ1v) is 5.27. The third-order valence-corrected chi connectivity index (χ3v) is 2.31. The quantitative estimate of drug-likeness (QED) is 0.836. The van der Waals surface area contributed by atoms with E-state index in [1.54, 1.807) is 18.5 Å². The molecule has 0 aromatic carbocycles. The van der Waals surface area contributed by atoms with E-state index in [-0.39, 0.29) is 0 Å². The van der Waals surface area contributed by atoms with Crippen molar-refractivity contribution in [2.45, 2.75) is 26.0 Å². The van der Waals surface area contributed by atoms with Gasteiger partial charge in [0, 0.05) is 24.5 Å². The fourth-order valence-corrected chi connectivity index (χ4v) is 1.51. The van der Waals surface area contributed by atoms with Gasteiger partial charge in [-0.1, -0.05) is 6.92 Å². The summed E-state index contributed by atoms with van der Waals surface area (Å²) in [5, 5.41) is 14.2. The molecule has 1 N–H and O–H groups in total. The molecule has 0 fully saturated rings. The van der Waals surface area contributed by atoms with Crippen molar-refractivity contribution in [1.29, 1.82) is 0 Å². The molecule has 0 saturated carbocycles. The zero-order chi connectivity index (χ0) is 11.4. The van der Waals surface area contributed by atoms with Crippen LogP contribution in [0.15, 0.2) is 31.0 Å². The summed E-state index contributed by atoms with van der Waals surface area (Å²) in [7, 11) is 0. The normalized spacial score (nSPS) is 12.6. The van der Waals surface area contributed by atoms with Gasteiger partial charge in [0.1, 0.15) is 12.4 Å². The Morgan fingerprint density at radius 2 is 2.38 bits per heavy atom. The van der Waals surface area contributed by atoms with E-state index in [1.165, 1.54) is 6.33 Å². The predicted octanol–water partition coefficient (Wildman–Crippen LogP) is 1.16. The van der Waals surface area contributed by atoms with Gasteiger partial charge < -0.3 is 5.11 Å². The van der Waals surface area contributed by atoms with E-state index in [0.29, 0.717) is 5.69 Å². The first-order chi connectivity index (χ1) is 7.81. The average Bonchev–Trinajstić information content (AvgIpc) is 2.78. The summed E-state index contributed by atoms with van der Waals surface area (Å²) in [5.41, 5.74) is 1.35. The number of aromatic nitrogens is 4. The van der Waals surface area contributed by atoms with Crippen molar-refractivity contribution in [3.05, 3.63) is 42.2 Å². The summed E-state index contributed by atoms with van der Waals surface area (Å²) in [5.74, 6) is 0. The monoisotopic (exact) mass is 218 g/mol. The molecule has 0 bridgehead atoms. The number of aryl methyl sites for hydroxylation is 1. The second-order valence-electron chi connectivity index (χ2n) is 3.57. The summed E-state index contributed by atoms with van der Waals surface area (Å²) in [6.07, 6.45) is 6.84. The lowest BCUT2D eigenvalue weighted by atomic mass is 10.1. The number of rotatable bonds is 4. The van der Waals surface area contributed by atoms with Gasteiger partial charge in [0.2, 0.25) is 0 Å². The Labute approximate surface area is 93.8 Å². The highest BCUT2D eigenvalue weighted by Crippen LogP contribution is 2.18. The maximum Gasteiger partial charge on any atom is 0.124 e. The van der Waals surface area contributed by atoms with Crippen LogP contribution in [0.4, 0.5) is 0 Å². The van der Waals surface area contributed by atoms with Crippen molar-refractivity contribution < 1.29 is 5.11 Å². The molecule has 0 spiro atoms. The molecule has 2 aromatic rings. The number of hydrogen-bond acceptors (Lipinski definition) is 4. The zero-order valence-electron chi connectivity index (χ0n) is 9.11. The molecule has 1 unspecified atom stereocenters. The van der Waals surface area contributed by atoms with Crippen LogP contribution in [0.1, 0.15) is 30.7 Å². The average molecular weight is 218 g/mol. The summed E-state index contributed by atoms with van der Waals surface area (Å²) in [6, 6.07) is 1.70. The maximum atomic E-state index is 10.0. The highest BCUT2D eigenvalue weighted by molar-refractivity contribution is 5.19. The topological polar surface area (TPSA) is 63.8 Å². The number of nitrogens with zero attached hydrogens (tertiary/aromatic N) is 4. The Kier molecular flexibility index (Phi) is 3.26. The molecule has 84 valence electrons. The van der Waals surface area contributed by atoms with E-state index in [1.807, 2.05) is 10.9 Å². The van der Waals surface area contributed by atoms with Gasteiger partial charge in [-0.3, -0.25) is 4.68 Å². The molecule has 0 aliphatic carbocycles. The van der Waals surface area contributed by atoms with Gasteiger partial charge in [0.15, 0.2) is 0 Å². The minimum Gasteiger partial charge on any atom is -0.382 e. The Balaban J connectivity index is 2.17. The van der Waals surface area contributed by atoms with Crippen LogP contribution in [0.2, 0.25) is 0 Å². The van der Waals surface area contributed by atoms with Crippen LogP contribution < -0.4 is 0 Å². The molecule has 0 aliphatic heterocycles. The lowest BCUT2D eigenvalue weighted by Crippen LogP contribution is -2.01. The van der Waals surface area contributed by atoms with Crippen LogP contribution >= 0.6 is 0 Å². The van der Waals surface area contributed by atoms with E-state index in [9.17, 15) is 5.11 Å². The number of hydrogen-bond donors (Lipinski definition) is 1. The Bertz CT molecular complexity index is 440. The van der Waals surface area contributed by atoms with Crippen molar-refractivity contribution in [3.8, 4) is 0 Å². The van der Waals surface area contributed by atoms with E-state index in [4.69, 9.17) is 0 Å². The number of aliphatic hydroxyl groups excluding tert-OH is 1. The summed E-state index contributed by atoms with van der Waals surface area (Å²) in [6.45, 7) is 2.94. The van der Waals surface area contributed by atoms with Gasteiger partial charge in [-0.25, -0.2) is 9.97 Å². The van der Waals surface area contributed by atoms with Crippen LogP contribution in [-0.4, -0.2) is 24.9 Å². The molecule has 1 atom stereocenters. The first kappa shape index (κ1) is 10.8. The van der Waals surface area contributed by atoms with Crippen molar-refractivity contribution in [1.82, 2.24) is 19.7 Å².